The fraction of sp³-hybridized carbons (Fsp3) is 0.600. The first-order chi connectivity index (χ1) is 10.5. The highest BCUT2D eigenvalue weighted by Crippen LogP contribution is 2.21. The quantitative estimate of drug-likeness (QED) is 0.741. The first-order valence-electron chi connectivity index (χ1n) is 7.33. The Kier molecular flexibility index (Phi) is 5.94. The Labute approximate surface area is 132 Å². The van der Waals surface area contributed by atoms with E-state index in [4.69, 9.17) is 9.47 Å². The van der Waals surface area contributed by atoms with Crippen molar-refractivity contribution in [2.45, 2.75) is 29.9 Å². The van der Waals surface area contributed by atoms with Crippen molar-refractivity contribution in [2.24, 2.45) is 0 Å². The Morgan fingerprint density at radius 2 is 2.05 bits per heavy atom. The van der Waals surface area contributed by atoms with Gasteiger partial charge in [0.25, 0.3) is 0 Å². The molecule has 1 heterocycles. The summed E-state index contributed by atoms with van der Waals surface area (Å²) in [6.07, 6.45) is 1.91. The fourth-order valence-electron chi connectivity index (χ4n) is 2.82. The lowest BCUT2D eigenvalue weighted by Crippen LogP contribution is -2.52. The topological polar surface area (TPSA) is 76.7 Å². The molecular weight excluding hydrogens is 304 g/mol. The molecule has 7 heteroatoms. The minimum absolute atomic E-state index is 0.262. The first-order valence-corrected chi connectivity index (χ1v) is 8.82. The van der Waals surface area contributed by atoms with Gasteiger partial charge in [0.15, 0.2) is 0 Å². The Morgan fingerprint density at radius 3 is 2.68 bits per heavy atom. The lowest BCUT2D eigenvalue weighted by Gasteiger charge is -2.29. The molecule has 124 valence electrons. The average molecular weight is 328 g/mol. The first kappa shape index (κ1) is 17.4. The standard InChI is InChI=1S/C15H24N2O4S/c1-20-10-13-6-3-4-7-14(13)22(18,19)17-11-15(12-21-2)8-5-9-16-15/h3-4,6-7,16-17H,5,8-12H2,1-2H3. The molecule has 1 aliphatic heterocycles. The van der Waals surface area contributed by atoms with Gasteiger partial charge < -0.3 is 14.8 Å². The molecule has 22 heavy (non-hydrogen) atoms. The van der Waals surface area contributed by atoms with E-state index in [9.17, 15) is 8.42 Å². The second-order valence-corrected chi connectivity index (χ2v) is 7.34. The van der Waals surface area contributed by atoms with Crippen molar-refractivity contribution in [3.8, 4) is 0 Å². The van der Waals surface area contributed by atoms with E-state index in [2.05, 4.69) is 10.0 Å². The maximum atomic E-state index is 12.6. The molecule has 0 spiro atoms. The van der Waals surface area contributed by atoms with Crippen molar-refractivity contribution in [1.82, 2.24) is 10.0 Å². The molecule has 2 rings (SSSR count). The largest absolute Gasteiger partial charge is 0.383 e. The smallest absolute Gasteiger partial charge is 0.240 e. The summed E-state index contributed by atoms with van der Waals surface area (Å²) < 4.78 is 38.2. The van der Waals surface area contributed by atoms with Crippen LogP contribution < -0.4 is 10.0 Å². The molecule has 1 atom stereocenters. The number of methoxy groups -OCH3 is 2. The molecule has 1 unspecified atom stereocenters. The van der Waals surface area contributed by atoms with Crippen molar-refractivity contribution >= 4 is 10.0 Å². The van der Waals surface area contributed by atoms with Gasteiger partial charge in [-0.1, -0.05) is 18.2 Å². The van der Waals surface area contributed by atoms with Gasteiger partial charge in [0.2, 0.25) is 10.0 Å². The number of sulfonamides is 1. The van der Waals surface area contributed by atoms with Gasteiger partial charge in [0.1, 0.15) is 0 Å². The predicted octanol–water partition coefficient (Wildman–Crippen LogP) is 0.880. The lowest BCUT2D eigenvalue weighted by atomic mass is 9.99. The van der Waals surface area contributed by atoms with Crippen LogP contribution in [0, 0.1) is 0 Å². The molecule has 1 aromatic carbocycles. The molecule has 1 saturated heterocycles. The molecule has 1 aromatic rings. The van der Waals surface area contributed by atoms with Crippen LogP contribution in [-0.4, -0.2) is 47.9 Å². The summed E-state index contributed by atoms with van der Waals surface area (Å²) >= 11 is 0. The van der Waals surface area contributed by atoms with Crippen LogP contribution in [0.5, 0.6) is 0 Å². The van der Waals surface area contributed by atoms with Crippen LogP contribution in [-0.2, 0) is 26.1 Å². The normalized spacial score (nSPS) is 22.1. The van der Waals surface area contributed by atoms with Gasteiger partial charge in [0.05, 0.1) is 23.6 Å². The number of rotatable bonds is 8. The minimum atomic E-state index is -3.58. The fourth-order valence-corrected chi connectivity index (χ4v) is 4.17. The SMILES string of the molecule is COCc1ccccc1S(=O)(=O)NCC1(COC)CCCN1. The van der Waals surface area contributed by atoms with E-state index in [1.54, 1.807) is 38.5 Å². The molecule has 0 aliphatic carbocycles. The number of hydrogen-bond donors (Lipinski definition) is 2. The van der Waals surface area contributed by atoms with Gasteiger partial charge in [-0.3, -0.25) is 0 Å². The lowest BCUT2D eigenvalue weighted by molar-refractivity contribution is 0.122. The van der Waals surface area contributed by atoms with E-state index in [1.807, 2.05) is 0 Å². The van der Waals surface area contributed by atoms with Gasteiger partial charge in [-0.2, -0.15) is 0 Å². The van der Waals surface area contributed by atoms with Crippen molar-refractivity contribution in [3.05, 3.63) is 29.8 Å². The summed E-state index contributed by atoms with van der Waals surface area (Å²) in [5.74, 6) is 0. The summed E-state index contributed by atoms with van der Waals surface area (Å²) in [6.45, 7) is 1.93. The van der Waals surface area contributed by atoms with Crippen LogP contribution in [0.15, 0.2) is 29.2 Å². The minimum Gasteiger partial charge on any atom is -0.383 e. The van der Waals surface area contributed by atoms with E-state index in [0.717, 1.165) is 19.4 Å². The maximum absolute atomic E-state index is 12.6. The number of nitrogens with one attached hydrogen (secondary N) is 2. The monoisotopic (exact) mass is 328 g/mol. The molecule has 1 fully saturated rings. The molecule has 6 nitrogen and oxygen atoms in total. The number of benzene rings is 1. The third-order valence-electron chi connectivity index (χ3n) is 3.92. The molecule has 0 radical (unpaired) electrons. The summed E-state index contributed by atoms with van der Waals surface area (Å²) in [5.41, 5.74) is 0.329. The van der Waals surface area contributed by atoms with Crippen molar-refractivity contribution in [2.75, 3.05) is 33.9 Å². The third kappa shape index (κ3) is 4.05. The second-order valence-electron chi connectivity index (χ2n) is 5.61. The Morgan fingerprint density at radius 1 is 1.27 bits per heavy atom. The molecular formula is C15H24N2O4S. The van der Waals surface area contributed by atoms with Crippen LogP contribution in [0.25, 0.3) is 0 Å². The molecule has 1 aliphatic rings. The van der Waals surface area contributed by atoms with Gasteiger partial charge in [0, 0.05) is 20.8 Å². The summed E-state index contributed by atoms with van der Waals surface area (Å²) in [4.78, 5) is 0.266. The number of hydrogen-bond acceptors (Lipinski definition) is 5. The summed E-state index contributed by atoms with van der Waals surface area (Å²) in [7, 11) is -0.405. The summed E-state index contributed by atoms with van der Waals surface area (Å²) in [5, 5.41) is 3.36. The Bertz CT molecular complexity index is 583. The van der Waals surface area contributed by atoms with E-state index in [-0.39, 0.29) is 17.0 Å². The van der Waals surface area contributed by atoms with Crippen LogP contribution in [0.4, 0.5) is 0 Å². The van der Waals surface area contributed by atoms with Crippen molar-refractivity contribution in [1.29, 1.82) is 0 Å². The van der Waals surface area contributed by atoms with Crippen LogP contribution in [0.2, 0.25) is 0 Å². The van der Waals surface area contributed by atoms with E-state index in [0.29, 0.717) is 18.7 Å². The zero-order valence-corrected chi connectivity index (χ0v) is 13.9. The van der Waals surface area contributed by atoms with Gasteiger partial charge >= 0.3 is 0 Å². The molecule has 0 amide bonds. The van der Waals surface area contributed by atoms with E-state index in [1.165, 1.54) is 0 Å². The maximum Gasteiger partial charge on any atom is 0.240 e. The van der Waals surface area contributed by atoms with Gasteiger partial charge in [-0.25, -0.2) is 13.1 Å². The molecule has 2 N–H and O–H groups in total. The molecule has 0 aromatic heterocycles. The zero-order chi connectivity index (χ0) is 16.1. The van der Waals surface area contributed by atoms with Crippen LogP contribution >= 0.6 is 0 Å². The highest BCUT2D eigenvalue weighted by molar-refractivity contribution is 7.89. The van der Waals surface area contributed by atoms with E-state index < -0.39 is 10.0 Å². The van der Waals surface area contributed by atoms with Gasteiger partial charge in [-0.05, 0) is 31.0 Å². The van der Waals surface area contributed by atoms with Gasteiger partial charge in [-0.15, -0.1) is 0 Å². The van der Waals surface area contributed by atoms with Crippen molar-refractivity contribution in [3.63, 3.8) is 0 Å². The highest BCUT2D eigenvalue weighted by Gasteiger charge is 2.35. The average Bonchev–Trinajstić information content (AvgIpc) is 2.96. The second kappa shape index (κ2) is 7.52. The van der Waals surface area contributed by atoms with E-state index >= 15 is 0 Å². The number of ether oxygens (including phenoxy) is 2. The Balaban J connectivity index is 2.14. The predicted molar refractivity (Wildman–Crippen MR) is 84.2 cm³/mol. The molecule has 0 saturated carbocycles. The summed E-state index contributed by atoms with van der Waals surface area (Å²) in [6, 6.07) is 6.88. The van der Waals surface area contributed by atoms with Crippen molar-refractivity contribution < 1.29 is 17.9 Å². The third-order valence-corrected chi connectivity index (χ3v) is 5.42. The van der Waals surface area contributed by atoms with Crippen LogP contribution in [0.3, 0.4) is 0 Å². The Hall–Kier alpha value is -0.990. The van der Waals surface area contributed by atoms with Crippen LogP contribution in [0.1, 0.15) is 18.4 Å². The zero-order valence-electron chi connectivity index (χ0n) is 13.1. The highest BCUT2D eigenvalue weighted by atomic mass is 32.2. The molecule has 0 bridgehead atoms.